The number of nitrogens with one attached hydrogen (secondary N) is 3. The third kappa shape index (κ3) is 3.52. The van der Waals surface area contributed by atoms with Gasteiger partial charge >= 0.3 is 5.76 Å². The van der Waals surface area contributed by atoms with Crippen molar-refractivity contribution < 1.29 is 14.0 Å². The van der Waals surface area contributed by atoms with E-state index in [1.807, 2.05) is 0 Å². The number of aromatic amines is 1. The van der Waals surface area contributed by atoms with Crippen molar-refractivity contribution in [2.45, 2.75) is 13.5 Å². The molecule has 0 unspecified atom stereocenters. The Hall–Kier alpha value is -3.35. The molecule has 0 bridgehead atoms. The van der Waals surface area contributed by atoms with Crippen LogP contribution in [0.15, 0.2) is 51.7 Å². The highest BCUT2D eigenvalue weighted by Crippen LogP contribution is 2.13. The van der Waals surface area contributed by atoms with Crippen LogP contribution >= 0.6 is 0 Å². The van der Waals surface area contributed by atoms with E-state index >= 15 is 0 Å². The number of hydrogen-bond acceptors (Lipinski definition) is 4. The van der Waals surface area contributed by atoms with Crippen molar-refractivity contribution >= 4 is 28.6 Å². The molecule has 7 heteroatoms. The molecule has 3 N–H and O–H groups in total. The van der Waals surface area contributed by atoms with E-state index in [9.17, 15) is 14.4 Å². The smallest absolute Gasteiger partial charge is 0.408 e. The van der Waals surface area contributed by atoms with E-state index < -0.39 is 5.76 Å². The van der Waals surface area contributed by atoms with Gasteiger partial charge in [0.05, 0.1) is 5.52 Å². The van der Waals surface area contributed by atoms with Crippen LogP contribution in [-0.2, 0) is 11.3 Å². The summed E-state index contributed by atoms with van der Waals surface area (Å²) in [6.07, 6.45) is 0. The second-order valence-corrected chi connectivity index (χ2v) is 5.29. The first-order valence-electron chi connectivity index (χ1n) is 7.29. The van der Waals surface area contributed by atoms with Crippen molar-refractivity contribution in [2.75, 3.05) is 5.32 Å². The zero-order chi connectivity index (χ0) is 17.1. The van der Waals surface area contributed by atoms with Gasteiger partial charge in [-0.25, -0.2) is 4.79 Å². The third-order valence-electron chi connectivity index (χ3n) is 3.38. The molecule has 2 aromatic carbocycles. The molecule has 0 aliphatic rings. The number of oxazole rings is 1. The Balaban J connectivity index is 1.69. The standard InChI is InChI=1S/C17H15N3O4/c1-10(21)19-13-4-2-3-12(8-13)16(22)18-9-11-5-6-14-15(7-11)24-17(23)20-14/h2-8H,9H2,1H3,(H,18,22)(H,19,21)(H,20,23). The van der Waals surface area contributed by atoms with Crippen molar-refractivity contribution in [3.8, 4) is 0 Å². The number of anilines is 1. The quantitative estimate of drug-likeness (QED) is 0.682. The average molecular weight is 325 g/mol. The second-order valence-electron chi connectivity index (χ2n) is 5.29. The third-order valence-corrected chi connectivity index (χ3v) is 3.38. The average Bonchev–Trinajstić information content (AvgIpc) is 2.91. The molecular weight excluding hydrogens is 310 g/mol. The first-order chi connectivity index (χ1) is 11.5. The van der Waals surface area contributed by atoms with Gasteiger partial charge in [0.15, 0.2) is 5.58 Å². The summed E-state index contributed by atoms with van der Waals surface area (Å²) in [7, 11) is 0. The Bertz CT molecular complexity index is 971. The van der Waals surface area contributed by atoms with E-state index in [4.69, 9.17) is 4.42 Å². The fourth-order valence-electron chi connectivity index (χ4n) is 2.33. The van der Waals surface area contributed by atoms with Crippen LogP contribution in [0.3, 0.4) is 0 Å². The number of aromatic nitrogens is 1. The molecule has 1 aromatic heterocycles. The Kier molecular flexibility index (Phi) is 4.15. The van der Waals surface area contributed by atoms with E-state index in [1.165, 1.54) is 6.92 Å². The van der Waals surface area contributed by atoms with E-state index in [1.54, 1.807) is 42.5 Å². The molecule has 0 fully saturated rings. The lowest BCUT2D eigenvalue weighted by Gasteiger charge is -2.07. The molecule has 0 aliphatic heterocycles. The van der Waals surface area contributed by atoms with Crippen LogP contribution in [0.25, 0.3) is 11.1 Å². The van der Waals surface area contributed by atoms with Gasteiger partial charge in [-0.2, -0.15) is 0 Å². The predicted octanol–water partition coefficient (Wildman–Crippen LogP) is 2.01. The van der Waals surface area contributed by atoms with Crippen molar-refractivity contribution in [1.82, 2.24) is 10.3 Å². The highest BCUT2D eigenvalue weighted by Gasteiger charge is 2.08. The van der Waals surface area contributed by atoms with Crippen LogP contribution in [0.2, 0.25) is 0 Å². The van der Waals surface area contributed by atoms with Gasteiger partial charge in [0.25, 0.3) is 5.91 Å². The fourth-order valence-corrected chi connectivity index (χ4v) is 2.33. The largest absolute Gasteiger partial charge is 0.417 e. The topological polar surface area (TPSA) is 104 Å². The minimum absolute atomic E-state index is 0.200. The second kappa shape index (κ2) is 6.41. The summed E-state index contributed by atoms with van der Waals surface area (Å²) in [6.45, 7) is 1.69. The van der Waals surface area contributed by atoms with E-state index in [-0.39, 0.29) is 18.4 Å². The Morgan fingerprint density at radius 3 is 2.79 bits per heavy atom. The number of hydrogen-bond donors (Lipinski definition) is 3. The number of H-pyrrole nitrogens is 1. The molecule has 2 amide bonds. The van der Waals surface area contributed by atoms with Crippen molar-refractivity contribution in [1.29, 1.82) is 0 Å². The summed E-state index contributed by atoms with van der Waals surface area (Å²) >= 11 is 0. The summed E-state index contributed by atoms with van der Waals surface area (Å²) in [5, 5.41) is 5.42. The van der Waals surface area contributed by atoms with Gasteiger partial charge in [-0.15, -0.1) is 0 Å². The van der Waals surface area contributed by atoms with Crippen LogP contribution in [-0.4, -0.2) is 16.8 Å². The summed E-state index contributed by atoms with van der Waals surface area (Å²) in [6, 6.07) is 11.9. The Morgan fingerprint density at radius 2 is 2.00 bits per heavy atom. The minimum Gasteiger partial charge on any atom is -0.408 e. The molecule has 0 radical (unpaired) electrons. The molecule has 0 aliphatic carbocycles. The van der Waals surface area contributed by atoms with Gasteiger partial charge in [0.1, 0.15) is 0 Å². The van der Waals surface area contributed by atoms with Gasteiger partial charge in [-0.1, -0.05) is 12.1 Å². The summed E-state index contributed by atoms with van der Waals surface area (Å²) in [5.74, 6) is -0.979. The number of rotatable bonds is 4. The first-order valence-corrected chi connectivity index (χ1v) is 7.29. The van der Waals surface area contributed by atoms with Gasteiger partial charge in [0, 0.05) is 24.7 Å². The number of amides is 2. The maximum absolute atomic E-state index is 12.2. The van der Waals surface area contributed by atoms with Crippen LogP contribution in [0.5, 0.6) is 0 Å². The number of benzene rings is 2. The highest BCUT2D eigenvalue weighted by molar-refractivity contribution is 5.96. The maximum Gasteiger partial charge on any atom is 0.417 e. The van der Waals surface area contributed by atoms with Crippen molar-refractivity contribution in [3.63, 3.8) is 0 Å². The van der Waals surface area contributed by atoms with Crippen LogP contribution < -0.4 is 16.4 Å². The molecule has 0 spiro atoms. The predicted molar refractivity (Wildman–Crippen MR) is 88.8 cm³/mol. The van der Waals surface area contributed by atoms with Gasteiger partial charge in [-0.05, 0) is 35.9 Å². The molecule has 24 heavy (non-hydrogen) atoms. The molecule has 0 saturated carbocycles. The lowest BCUT2D eigenvalue weighted by atomic mass is 10.1. The maximum atomic E-state index is 12.2. The van der Waals surface area contributed by atoms with Crippen molar-refractivity contribution in [2.24, 2.45) is 0 Å². The Labute approximate surface area is 136 Å². The molecule has 3 rings (SSSR count). The van der Waals surface area contributed by atoms with Gasteiger partial charge < -0.3 is 15.1 Å². The molecule has 122 valence electrons. The number of carbonyl (C=O) groups is 2. The van der Waals surface area contributed by atoms with Gasteiger partial charge in [-0.3, -0.25) is 14.6 Å². The van der Waals surface area contributed by atoms with Crippen LogP contribution in [0.1, 0.15) is 22.8 Å². The normalized spacial score (nSPS) is 10.5. The molecule has 7 nitrogen and oxygen atoms in total. The Morgan fingerprint density at radius 1 is 1.17 bits per heavy atom. The lowest BCUT2D eigenvalue weighted by Crippen LogP contribution is -2.22. The van der Waals surface area contributed by atoms with Crippen molar-refractivity contribution in [3.05, 3.63) is 64.1 Å². The van der Waals surface area contributed by atoms with Gasteiger partial charge in [0.2, 0.25) is 5.91 Å². The molecule has 0 atom stereocenters. The SMILES string of the molecule is CC(=O)Nc1cccc(C(=O)NCc2ccc3[nH]c(=O)oc3c2)c1. The zero-order valence-corrected chi connectivity index (χ0v) is 12.9. The molecular formula is C17H15N3O4. The molecule has 0 saturated heterocycles. The van der Waals surface area contributed by atoms with E-state index in [0.717, 1.165) is 5.56 Å². The lowest BCUT2D eigenvalue weighted by molar-refractivity contribution is -0.114. The fraction of sp³-hybridized carbons (Fsp3) is 0.118. The number of carbonyl (C=O) groups excluding carboxylic acids is 2. The van der Waals surface area contributed by atoms with Crippen LogP contribution in [0.4, 0.5) is 5.69 Å². The summed E-state index contributed by atoms with van der Waals surface area (Å²) in [4.78, 5) is 37.0. The monoisotopic (exact) mass is 325 g/mol. The van der Waals surface area contributed by atoms with Crippen LogP contribution in [0, 0.1) is 0 Å². The summed E-state index contributed by atoms with van der Waals surface area (Å²) < 4.78 is 4.99. The number of fused-ring (bicyclic) bond motifs is 1. The minimum atomic E-state index is -0.513. The zero-order valence-electron chi connectivity index (χ0n) is 12.9. The molecule has 1 heterocycles. The van der Waals surface area contributed by atoms with E-state index in [0.29, 0.717) is 22.4 Å². The summed E-state index contributed by atoms with van der Waals surface area (Å²) in [5.41, 5.74) is 2.86. The van der Waals surface area contributed by atoms with E-state index in [2.05, 4.69) is 15.6 Å². The highest BCUT2D eigenvalue weighted by atomic mass is 16.4. The first kappa shape index (κ1) is 15.5. The molecule has 3 aromatic rings.